The first kappa shape index (κ1) is 25.2. The van der Waals surface area contributed by atoms with Crippen LogP contribution < -0.4 is 9.47 Å². The maximum Gasteiger partial charge on any atom is 0.308 e. The van der Waals surface area contributed by atoms with Crippen molar-refractivity contribution in [1.29, 1.82) is 0 Å². The van der Waals surface area contributed by atoms with E-state index in [9.17, 15) is 4.79 Å². The predicted octanol–water partition coefficient (Wildman–Crippen LogP) is 5.77. The lowest BCUT2D eigenvalue weighted by Crippen LogP contribution is -2.43. The molecule has 1 aromatic rings. The Morgan fingerprint density at radius 3 is 2.28 bits per heavy atom. The lowest BCUT2D eigenvalue weighted by atomic mass is 9.87. The number of carbonyl (C=O) groups excluding carboxylic acids is 1. The Morgan fingerprint density at radius 1 is 1.17 bits per heavy atom. The number of methoxy groups -OCH3 is 2. The summed E-state index contributed by atoms with van der Waals surface area (Å²) >= 11 is 0. The predicted molar refractivity (Wildman–Crippen MR) is 120 cm³/mol. The summed E-state index contributed by atoms with van der Waals surface area (Å²) in [5.74, 6) is 0.653. The summed E-state index contributed by atoms with van der Waals surface area (Å²) in [6, 6.07) is 5.81. The van der Waals surface area contributed by atoms with Gasteiger partial charge in [-0.1, -0.05) is 53.3 Å². The second-order valence-corrected chi connectivity index (χ2v) is 13.7. The van der Waals surface area contributed by atoms with Crippen LogP contribution in [-0.4, -0.2) is 35.1 Å². The minimum atomic E-state index is -2.10. The van der Waals surface area contributed by atoms with E-state index in [1.54, 1.807) is 13.2 Å². The van der Waals surface area contributed by atoms with Crippen LogP contribution in [0.5, 0.6) is 11.5 Å². The summed E-state index contributed by atoms with van der Waals surface area (Å²) in [4.78, 5) is 12.2. The maximum atomic E-state index is 12.2. The van der Waals surface area contributed by atoms with E-state index in [1.807, 2.05) is 32.0 Å². The fourth-order valence-electron chi connectivity index (χ4n) is 2.76. The molecule has 0 fully saturated rings. The first-order chi connectivity index (χ1) is 13.4. The number of esters is 1. The van der Waals surface area contributed by atoms with Crippen molar-refractivity contribution in [2.75, 3.05) is 20.8 Å². The van der Waals surface area contributed by atoms with Gasteiger partial charge in [0, 0.05) is 0 Å². The van der Waals surface area contributed by atoms with Crippen LogP contribution in [0.1, 0.15) is 46.3 Å². The van der Waals surface area contributed by atoms with Gasteiger partial charge in [0.2, 0.25) is 0 Å². The van der Waals surface area contributed by atoms with Crippen LogP contribution in [-0.2, 0) is 14.0 Å². The average Bonchev–Trinajstić information content (AvgIpc) is 2.67. The van der Waals surface area contributed by atoms with Gasteiger partial charge in [0.1, 0.15) is 6.61 Å². The molecular weight excluding hydrogens is 384 g/mol. The summed E-state index contributed by atoms with van der Waals surface area (Å²) in [6.45, 7) is 19.1. The molecule has 0 saturated carbocycles. The molecular formula is C23H38O5Si. The molecule has 1 aromatic carbocycles. The number of hydrogen-bond donors (Lipinski definition) is 0. The van der Waals surface area contributed by atoms with E-state index in [0.717, 1.165) is 5.56 Å². The summed E-state index contributed by atoms with van der Waals surface area (Å²) in [7, 11) is 0.932. The van der Waals surface area contributed by atoms with Gasteiger partial charge in [0.15, 0.2) is 19.8 Å². The SMILES string of the molecule is C=CCOc1ccc([C@H](O[Si](C)(C)C(C)(C)C)[C@H](C)[C@@H](C)C(=O)OC)cc1OC. The Balaban J connectivity index is 3.39. The molecule has 0 bridgehead atoms. The van der Waals surface area contributed by atoms with Gasteiger partial charge in [-0.15, -0.1) is 0 Å². The van der Waals surface area contributed by atoms with Gasteiger partial charge in [0.05, 0.1) is 26.2 Å². The summed E-state index contributed by atoms with van der Waals surface area (Å²) < 4.78 is 23.0. The fraction of sp³-hybridized carbons (Fsp3) is 0.609. The monoisotopic (exact) mass is 422 g/mol. The Kier molecular flexibility index (Phi) is 8.97. The third-order valence-electron chi connectivity index (χ3n) is 5.94. The smallest absolute Gasteiger partial charge is 0.308 e. The van der Waals surface area contributed by atoms with E-state index >= 15 is 0 Å². The molecule has 6 heteroatoms. The van der Waals surface area contributed by atoms with Gasteiger partial charge in [-0.25, -0.2) is 0 Å². The van der Waals surface area contributed by atoms with E-state index in [4.69, 9.17) is 18.6 Å². The zero-order valence-electron chi connectivity index (χ0n) is 19.5. The zero-order valence-corrected chi connectivity index (χ0v) is 20.5. The molecule has 0 aliphatic rings. The standard InChI is InChI=1S/C23H38O5Si/c1-11-14-27-19-13-12-18(15-20(19)25-7)21(16(2)17(3)22(24)26-8)28-29(9,10)23(4,5)6/h11-13,15-17,21H,1,14H2,2-10H3/t16-,17-,21-/m1/s1. The highest BCUT2D eigenvalue weighted by atomic mass is 28.4. The van der Waals surface area contributed by atoms with Gasteiger partial charge in [-0.05, 0) is 41.7 Å². The lowest BCUT2D eigenvalue weighted by Gasteiger charge is -2.42. The Labute approximate surface area is 177 Å². The van der Waals surface area contributed by atoms with Crippen molar-refractivity contribution in [1.82, 2.24) is 0 Å². The second kappa shape index (κ2) is 10.3. The molecule has 29 heavy (non-hydrogen) atoms. The van der Waals surface area contributed by atoms with E-state index < -0.39 is 8.32 Å². The van der Waals surface area contributed by atoms with Crippen LogP contribution >= 0.6 is 0 Å². The first-order valence-corrected chi connectivity index (χ1v) is 13.0. The second-order valence-electron chi connectivity index (χ2n) is 8.98. The van der Waals surface area contributed by atoms with Gasteiger partial charge >= 0.3 is 5.97 Å². The summed E-state index contributed by atoms with van der Waals surface area (Å²) in [5, 5.41) is 0.0383. The Hall–Kier alpha value is -1.79. The highest BCUT2D eigenvalue weighted by Crippen LogP contribution is 2.44. The van der Waals surface area contributed by atoms with Crippen molar-refractivity contribution < 1.29 is 23.4 Å². The molecule has 0 saturated heterocycles. The van der Waals surface area contributed by atoms with Gasteiger partial charge < -0.3 is 18.6 Å². The number of carbonyl (C=O) groups is 1. The van der Waals surface area contributed by atoms with Crippen LogP contribution in [0, 0.1) is 11.8 Å². The zero-order chi connectivity index (χ0) is 22.4. The number of benzene rings is 1. The van der Waals surface area contributed by atoms with Crippen LogP contribution in [0.15, 0.2) is 30.9 Å². The van der Waals surface area contributed by atoms with Crippen molar-refractivity contribution >= 4 is 14.3 Å². The van der Waals surface area contributed by atoms with Crippen LogP contribution in [0.3, 0.4) is 0 Å². The van der Waals surface area contributed by atoms with Gasteiger partial charge in [-0.3, -0.25) is 4.79 Å². The number of hydrogen-bond acceptors (Lipinski definition) is 5. The van der Waals surface area contributed by atoms with Crippen molar-refractivity contribution in [3.63, 3.8) is 0 Å². The van der Waals surface area contributed by atoms with Crippen LogP contribution in [0.4, 0.5) is 0 Å². The third kappa shape index (κ3) is 6.34. The fourth-order valence-corrected chi connectivity index (χ4v) is 4.10. The molecule has 1 rings (SSSR count). The quantitative estimate of drug-likeness (QED) is 0.272. The van der Waals surface area contributed by atoms with E-state index in [2.05, 4.69) is 40.4 Å². The molecule has 0 N–H and O–H groups in total. The Bertz CT molecular complexity index is 693. The molecule has 0 radical (unpaired) electrons. The average molecular weight is 423 g/mol. The molecule has 3 atom stereocenters. The number of ether oxygens (including phenoxy) is 3. The summed E-state index contributed by atoms with van der Waals surface area (Å²) in [6.07, 6.45) is 1.42. The van der Waals surface area contributed by atoms with Crippen molar-refractivity contribution in [2.45, 2.75) is 58.9 Å². The summed E-state index contributed by atoms with van der Waals surface area (Å²) in [5.41, 5.74) is 0.959. The molecule has 0 amide bonds. The highest BCUT2D eigenvalue weighted by molar-refractivity contribution is 6.74. The van der Waals surface area contributed by atoms with Crippen molar-refractivity contribution in [3.8, 4) is 11.5 Å². The van der Waals surface area contributed by atoms with Crippen molar-refractivity contribution in [2.24, 2.45) is 11.8 Å². The lowest BCUT2D eigenvalue weighted by molar-refractivity contribution is -0.148. The molecule has 0 aliphatic carbocycles. The molecule has 0 heterocycles. The molecule has 0 aromatic heterocycles. The van der Waals surface area contributed by atoms with E-state index in [0.29, 0.717) is 18.1 Å². The van der Waals surface area contributed by atoms with Crippen LogP contribution in [0.2, 0.25) is 18.1 Å². The van der Waals surface area contributed by atoms with Gasteiger partial charge in [-0.2, -0.15) is 0 Å². The molecule has 0 aliphatic heterocycles. The van der Waals surface area contributed by atoms with Crippen molar-refractivity contribution in [3.05, 3.63) is 36.4 Å². The molecule has 164 valence electrons. The van der Waals surface area contributed by atoms with Gasteiger partial charge in [0.25, 0.3) is 0 Å². The largest absolute Gasteiger partial charge is 0.493 e. The molecule has 5 nitrogen and oxygen atoms in total. The molecule has 0 unspecified atom stereocenters. The first-order valence-electron chi connectivity index (χ1n) is 10.1. The molecule has 0 spiro atoms. The normalized spacial score (nSPS) is 15.2. The highest BCUT2D eigenvalue weighted by Gasteiger charge is 2.42. The Morgan fingerprint density at radius 2 is 1.79 bits per heavy atom. The van der Waals surface area contributed by atoms with Crippen LogP contribution in [0.25, 0.3) is 0 Å². The topological polar surface area (TPSA) is 54.0 Å². The minimum Gasteiger partial charge on any atom is -0.493 e. The third-order valence-corrected chi connectivity index (χ3v) is 10.4. The van der Waals surface area contributed by atoms with E-state index in [1.165, 1.54) is 7.11 Å². The number of rotatable bonds is 10. The maximum absolute atomic E-state index is 12.2. The minimum absolute atomic E-state index is 0.0383. The van der Waals surface area contributed by atoms with E-state index in [-0.39, 0.29) is 28.9 Å².